The van der Waals surface area contributed by atoms with E-state index in [1.54, 1.807) is 0 Å². The normalized spacial score (nSPS) is 13.7. The Morgan fingerprint density at radius 1 is 1.27 bits per heavy atom. The third kappa shape index (κ3) is 7.79. The van der Waals surface area contributed by atoms with E-state index >= 15 is 0 Å². The lowest BCUT2D eigenvalue weighted by atomic mass is 10.2. The Bertz CT molecular complexity index is 133. The Morgan fingerprint density at radius 2 is 1.82 bits per heavy atom. The number of unbranched alkanes of at least 4 members (excludes halogenated alkanes) is 1. The van der Waals surface area contributed by atoms with Crippen molar-refractivity contribution in [3.8, 4) is 0 Å². The molecular weight excluding hydrogens is 150 g/mol. The van der Waals surface area contributed by atoms with Crippen LogP contribution in [0.4, 0.5) is 0 Å². The van der Waals surface area contributed by atoms with Crippen LogP contribution in [0.1, 0.15) is 33.1 Å². The monoisotopic (exact) mass is 171 g/mol. The van der Waals surface area contributed by atoms with Crippen LogP contribution in [-0.2, 0) is 0 Å². The summed E-state index contributed by atoms with van der Waals surface area (Å²) in [6.07, 6.45) is 3.76. The maximum absolute atomic E-state index is 4.70. The van der Waals surface area contributed by atoms with E-state index in [0.717, 1.165) is 0 Å². The summed E-state index contributed by atoms with van der Waals surface area (Å²) in [7, 11) is -1.18. The van der Waals surface area contributed by atoms with Gasteiger partial charge in [-0.3, -0.25) is 0 Å². The van der Waals surface area contributed by atoms with Gasteiger partial charge in [0.1, 0.15) is 0 Å². The fourth-order valence-corrected chi connectivity index (χ4v) is 2.32. The summed E-state index contributed by atoms with van der Waals surface area (Å²) in [5, 5.41) is 0. The lowest BCUT2D eigenvalue weighted by Crippen LogP contribution is -2.18. The minimum absolute atomic E-state index is 1.18. The number of rotatable bonds is 4. The van der Waals surface area contributed by atoms with Crippen molar-refractivity contribution in [2.45, 2.75) is 52.8 Å². The molecule has 0 aliphatic rings. The van der Waals surface area contributed by atoms with Gasteiger partial charge in [-0.25, -0.2) is 0 Å². The first-order valence-electron chi connectivity index (χ1n) is 4.51. The summed E-state index contributed by atoms with van der Waals surface area (Å²) >= 11 is 0. The van der Waals surface area contributed by atoms with Crippen LogP contribution in [0.5, 0.6) is 0 Å². The van der Waals surface area contributed by atoms with Gasteiger partial charge in [0.25, 0.3) is 0 Å². The predicted octanol–water partition coefficient (Wildman–Crippen LogP) is 3.47. The van der Waals surface area contributed by atoms with Gasteiger partial charge in [-0.2, -0.15) is 0 Å². The Morgan fingerprint density at radius 3 is 2.18 bits per heavy atom. The lowest BCUT2D eigenvalue weighted by molar-refractivity contribution is 0.833. The lowest BCUT2D eigenvalue weighted by Gasteiger charge is -2.10. The third-order valence-electron chi connectivity index (χ3n) is 1.42. The molecule has 0 bridgehead atoms. The van der Waals surface area contributed by atoms with Gasteiger partial charge in [-0.1, -0.05) is 13.3 Å². The topological polar surface area (TPSA) is 12.4 Å². The number of nitrogens with zero attached hydrogens (tertiary/aromatic N) is 1. The van der Waals surface area contributed by atoms with Crippen LogP contribution < -0.4 is 0 Å². The molecule has 1 nitrogen and oxygen atoms in total. The summed E-state index contributed by atoms with van der Waals surface area (Å²) in [6.45, 7) is 11.2. The molecule has 0 fully saturated rings. The summed E-state index contributed by atoms with van der Waals surface area (Å²) in [6, 6.07) is 0. The second-order valence-corrected chi connectivity index (χ2v) is 8.69. The average Bonchev–Trinajstić information content (AvgIpc) is 1.79. The standard InChI is InChI=1S/C9H21NSi/c1-6-7-8-9(2)10-11(3,4)5/h6-8H2,1-5H3. The first-order chi connectivity index (χ1) is 4.95. The van der Waals surface area contributed by atoms with Crippen LogP contribution in [0.25, 0.3) is 0 Å². The molecule has 2 heteroatoms. The van der Waals surface area contributed by atoms with E-state index in [2.05, 4.69) is 33.5 Å². The van der Waals surface area contributed by atoms with Gasteiger partial charge < -0.3 is 4.66 Å². The van der Waals surface area contributed by atoms with E-state index in [9.17, 15) is 0 Å². The Balaban J connectivity index is 3.81. The summed E-state index contributed by atoms with van der Waals surface area (Å²) < 4.78 is 4.70. The van der Waals surface area contributed by atoms with Crippen molar-refractivity contribution in [3.05, 3.63) is 0 Å². The first-order valence-corrected chi connectivity index (χ1v) is 7.96. The van der Waals surface area contributed by atoms with Crippen molar-refractivity contribution in [2.24, 2.45) is 4.66 Å². The van der Waals surface area contributed by atoms with Gasteiger partial charge in [0, 0.05) is 0 Å². The van der Waals surface area contributed by atoms with Crippen LogP contribution in [-0.4, -0.2) is 13.9 Å². The average molecular weight is 171 g/mol. The SMILES string of the molecule is CCCCC(C)=N[Si](C)(C)C. The highest BCUT2D eigenvalue weighted by molar-refractivity contribution is 6.75. The van der Waals surface area contributed by atoms with Crippen LogP contribution >= 0.6 is 0 Å². The predicted molar refractivity (Wildman–Crippen MR) is 56.0 cm³/mol. The highest BCUT2D eigenvalue weighted by Gasteiger charge is 2.10. The zero-order valence-electron chi connectivity index (χ0n) is 8.57. The van der Waals surface area contributed by atoms with Crippen molar-refractivity contribution in [1.29, 1.82) is 0 Å². The molecule has 0 atom stereocenters. The second kappa shape index (κ2) is 4.70. The molecule has 0 spiro atoms. The smallest absolute Gasteiger partial charge is 0.172 e. The first kappa shape index (κ1) is 10.9. The zero-order valence-corrected chi connectivity index (χ0v) is 9.57. The van der Waals surface area contributed by atoms with Crippen molar-refractivity contribution in [2.75, 3.05) is 0 Å². The molecule has 0 aromatic carbocycles. The van der Waals surface area contributed by atoms with E-state index in [0.29, 0.717) is 0 Å². The molecular formula is C9H21NSi. The fraction of sp³-hybridized carbons (Fsp3) is 0.889. The summed E-state index contributed by atoms with van der Waals surface area (Å²) in [5.74, 6) is 0. The second-order valence-electron chi connectivity index (χ2n) is 4.12. The summed E-state index contributed by atoms with van der Waals surface area (Å²) in [5.41, 5.74) is 1.35. The molecule has 66 valence electrons. The molecule has 0 amide bonds. The summed E-state index contributed by atoms with van der Waals surface area (Å²) in [4.78, 5) is 0. The quantitative estimate of drug-likeness (QED) is 0.454. The van der Waals surface area contributed by atoms with Crippen LogP contribution in [0.3, 0.4) is 0 Å². The van der Waals surface area contributed by atoms with E-state index < -0.39 is 8.24 Å². The minimum Gasteiger partial charge on any atom is -0.331 e. The molecule has 0 aromatic heterocycles. The Labute approximate surface area is 72.0 Å². The van der Waals surface area contributed by atoms with Crippen molar-refractivity contribution in [3.63, 3.8) is 0 Å². The largest absolute Gasteiger partial charge is 0.331 e. The minimum atomic E-state index is -1.18. The molecule has 0 radical (unpaired) electrons. The van der Waals surface area contributed by atoms with Crippen molar-refractivity contribution in [1.82, 2.24) is 0 Å². The van der Waals surface area contributed by atoms with Crippen molar-refractivity contribution < 1.29 is 0 Å². The molecule has 0 aliphatic heterocycles. The van der Waals surface area contributed by atoms with Gasteiger partial charge in [-0.15, -0.1) is 0 Å². The maximum atomic E-state index is 4.70. The van der Waals surface area contributed by atoms with E-state index in [-0.39, 0.29) is 0 Å². The molecule has 0 N–H and O–H groups in total. The number of hydrogen-bond donors (Lipinski definition) is 0. The Hall–Kier alpha value is -0.113. The van der Waals surface area contributed by atoms with Crippen LogP contribution in [0.2, 0.25) is 19.6 Å². The highest BCUT2D eigenvalue weighted by atomic mass is 28.3. The van der Waals surface area contributed by atoms with Gasteiger partial charge >= 0.3 is 0 Å². The van der Waals surface area contributed by atoms with Gasteiger partial charge in [0.05, 0.1) is 0 Å². The van der Waals surface area contributed by atoms with Gasteiger partial charge in [0.15, 0.2) is 8.24 Å². The highest BCUT2D eigenvalue weighted by Crippen LogP contribution is 2.05. The molecule has 0 aliphatic carbocycles. The number of hydrogen-bond acceptors (Lipinski definition) is 1. The maximum Gasteiger partial charge on any atom is 0.172 e. The third-order valence-corrected chi connectivity index (χ3v) is 2.47. The van der Waals surface area contributed by atoms with Crippen LogP contribution in [0, 0.1) is 0 Å². The molecule has 0 saturated carbocycles. The molecule has 0 unspecified atom stereocenters. The fourth-order valence-electron chi connectivity index (χ4n) is 1.06. The van der Waals surface area contributed by atoms with E-state index in [4.69, 9.17) is 4.66 Å². The van der Waals surface area contributed by atoms with E-state index in [1.165, 1.54) is 25.0 Å². The molecule has 0 rings (SSSR count). The van der Waals surface area contributed by atoms with Gasteiger partial charge in [-0.05, 0) is 45.1 Å². The Kier molecular flexibility index (Phi) is 4.65. The molecule has 0 saturated heterocycles. The molecule has 11 heavy (non-hydrogen) atoms. The van der Waals surface area contributed by atoms with Crippen molar-refractivity contribution >= 4 is 13.9 Å². The zero-order chi connectivity index (χ0) is 8.91. The van der Waals surface area contributed by atoms with Crippen LogP contribution in [0.15, 0.2) is 4.66 Å². The van der Waals surface area contributed by atoms with E-state index in [1.807, 2.05) is 0 Å². The van der Waals surface area contributed by atoms with Gasteiger partial charge in [0.2, 0.25) is 0 Å². The molecule has 0 heterocycles. The molecule has 0 aromatic rings.